The lowest BCUT2D eigenvalue weighted by atomic mass is 10.0. The van der Waals surface area contributed by atoms with Gasteiger partial charge in [0.2, 0.25) is 0 Å². The topological polar surface area (TPSA) is 41.9 Å². The predicted octanol–water partition coefficient (Wildman–Crippen LogP) is 1.84. The molecular formula is C15H23NO3. The molecule has 1 N–H and O–H groups in total. The molecule has 1 fully saturated rings. The predicted molar refractivity (Wildman–Crippen MR) is 74.4 cm³/mol. The van der Waals surface area contributed by atoms with Crippen LogP contribution in [0.4, 0.5) is 0 Å². The second-order valence-corrected chi connectivity index (χ2v) is 5.60. The fourth-order valence-electron chi connectivity index (χ4n) is 2.37. The van der Waals surface area contributed by atoms with E-state index in [4.69, 9.17) is 9.47 Å². The van der Waals surface area contributed by atoms with Gasteiger partial charge in [0.05, 0.1) is 26.4 Å². The number of ether oxygens (including phenoxy) is 2. The van der Waals surface area contributed by atoms with E-state index in [1.807, 2.05) is 24.3 Å². The number of nitrogens with zero attached hydrogens (tertiary/aromatic N) is 1. The average Bonchev–Trinajstić information content (AvgIpc) is 2.41. The third kappa shape index (κ3) is 3.47. The maximum atomic E-state index is 10.3. The average molecular weight is 265 g/mol. The Bertz CT molecular complexity index is 402. The highest BCUT2D eigenvalue weighted by Crippen LogP contribution is 2.24. The summed E-state index contributed by atoms with van der Waals surface area (Å²) < 4.78 is 10.6. The summed E-state index contributed by atoms with van der Waals surface area (Å²) in [6.07, 6.45) is -0.483. The minimum atomic E-state index is -0.483. The Kier molecular flexibility index (Phi) is 4.45. The van der Waals surface area contributed by atoms with Crippen molar-refractivity contribution in [2.75, 3.05) is 33.4 Å². The molecule has 1 aromatic carbocycles. The van der Waals surface area contributed by atoms with Crippen LogP contribution in [0.3, 0.4) is 0 Å². The lowest BCUT2D eigenvalue weighted by molar-refractivity contribution is -0.0667. The first-order chi connectivity index (χ1) is 9.03. The number of aliphatic hydroxyl groups is 1. The van der Waals surface area contributed by atoms with Crippen molar-refractivity contribution in [2.45, 2.75) is 25.5 Å². The minimum Gasteiger partial charge on any atom is -0.497 e. The van der Waals surface area contributed by atoms with Crippen molar-refractivity contribution in [3.05, 3.63) is 29.8 Å². The van der Waals surface area contributed by atoms with Crippen LogP contribution in [0.5, 0.6) is 5.75 Å². The summed E-state index contributed by atoms with van der Waals surface area (Å²) in [5, 5.41) is 10.3. The molecule has 4 heteroatoms. The van der Waals surface area contributed by atoms with Gasteiger partial charge >= 0.3 is 0 Å². The van der Waals surface area contributed by atoms with E-state index in [-0.39, 0.29) is 5.54 Å². The van der Waals surface area contributed by atoms with Crippen molar-refractivity contribution in [1.82, 2.24) is 4.90 Å². The van der Waals surface area contributed by atoms with Crippen LogP contribution >= 0.6 is 0 Å². The molecule has 4 nitrogen and oxygen atoms in total. The zero-order chi connectivity index (χ0) is 13.9. The molecule has 1 saturated heterocycles. The smallest absolute Gasteiger partial charge is 0.118 e. The summed E-state index contributed by atoms with van der Waals surface area (Å²) in [4.78, 5) is 2.28. The number of hydrogen-bond donors (Lipinski definition) is 1. The normalized spacial score (nSPS) is 21.1. The second-order valence-electron chi connectivity index (χ2n) is 5.60. The first-order valence-corrected chi connectivity index (χ1v) is 6.68. The Labute approximate surface area is 114 Å². The van der Waals surface area contributed by atoms with E-state index in [1.165, 1.54) is 0 Å². The molecule has 106 valence electrons. The van der Waals surface area contributed by atoms with Crippen molar-refractivity contribution < 1.29 is 14.6 Å². The summed E-state index contributed by atoms with van der Waals surface area (Å²) in [6.45, 7) is 7.23. The van der Waals surface area contributed by atoms with E-state index in [9.17, 15) is 5.11 Å². The van der Waals surface area contributed by atoms with Crippen molar-refractivity contribution in [2.24, 2.45) is 0 Å². The van der Waals surface area contributed by atoms with Gasteiger partial charge in [-0.05, 0) is 31.5 Å². The summed E-state index contributed by atoms with van der Waals surface area (Å²) in [5.41, 5.74) is 0.897. The van der Waals surface area contributed by atoms with Gasteiger partial charge in [0, 0.05) is 18.6 Å². The maximum absolute atomic E-state index is 10.3. The number of rotatable bonds is 4. The molecule has 0 amide bonds. The lowest BCUT2D eigenvalue weighted by Gasteiger charge is -2.43. The van der Waals surface area contributed by atoms with Gasteiger partial charge in [0.15, 0.2) is 0 Å². The molecule has 19 heavy (non-hydrogen) atoms. The quantitative estimate of drug-likeness (QED) is 0.902. The molecule has 2 rings (SSSR count). The fourth-order valence-corrected chi connectivity index (χ4v) is 2.37. The number of hydrogen-bond acceptors (Lipinski definition) is 4. The molecule has 1 unspecified atom stereocenters. The highest BCUT2D eigenvalue weighted by Gasteiger charge is 2.31. The highest BCUT2D eigenvalue weighted by atomic mass is 16.5. The van der Waals surface area contributed by atoms with Crippen molar-refractivity contribution in [3.63, 3.8) is 0 Å². The monoisotopic (exact) mass is 265 g/mol. The van der Waals surface area contributed by atoms with E-state index in [1.54, 1.807) is 7.11 Å². The molecule has 1 atom stereocenters. The van der Waals surface area contributed by atoms with Gasteiger partial charge < -0.3 is 14.6 Å². The van der Waals surface area contributed by atoms with Crippen LogP contribution in [0.15, 0.2) is 24.3 Å². The van der Waals surface area contributed by atoms with E-state index < -0.39 is 6.10 Å². The molecule has 1 heterocycles. The third-order valence-electron chi connectivity index (χ3n) is 3.71. The van der Waals surface area contributed by atoms with Gasteiger partial charge in [0.25, 0.3) is 0 Å². The van der Waals surface area contributed by atoms with E-state index in [0.29, 0.717) is 13.2 Å². The van der Waals surface area contributed by atoms with Crippen LogP contribution in [0, 0.1) is 0 Å². The van der Waals surface area contributed by atoms with Crippen LogP contribution in [0.1, 0.15) is 25.5 Å². The second kappa shape index (κ2) is 5.90. The van der Waals surface area contributed by atoms with Gasteiger partial charge in [-0.25, -0.2) is 0 Å². The van der Waals surface area contributed by atoms with Gasteiger partial charge in [0.1, 0.15) is 5.75 Å². The van der Waals surface area contributed by atoms with Crippen LogP contribution < -0.4 is 4.74 Å². The first kappa shape index (κ1) is 14.3. The molecule has 0 radical (unpaired) electrons. The van der Waals surface area contributed by atoms with Gasteiger partial charge in [-0.1, -0.05) is 12.1 Å². The number of benzene rings is 1. The Hall–Kier alpha value is -1.10. The van der Waals surface area contributed by atoms with Crippen molar-refractivity contribution in [1.29, 1.82) is 0 Å². The Morgan fingerprint density at radius 1 is 1.37 bits per heavy atom. The van der Waals surface area contributed by atoms with E-state index in [0.717, 1.165) is 24.5 Å². The highest BCUT2D eigenvalue weighted by molar-refractivity contribution is 5.28. The molecular weight excluding hydrogens is 242 g/mol. The molecule has 0 aromatic heterocycles. The third-order valence-corrected chi connectivity index (χ3v) is 3.71. The number of β-amino-alcohol motifs (C(OH)–C–C–N with tert-alkyl or cyclic N) is 1. The molecule has 1 aliphatic rings. The van der Waals surface area contributed by atoms with Gasteiger partial charge in [-0.2, -0.15) is 0 Å². The van der Waals surface area contributed by atoms with Crippen LogP contribution in [0.25, 0.3) is 0 Å². The summed E-state index contributed by atoms with van der Waals surface area (Å²) >= 11 is 0. The molecule has 0 bridgehead atoms. The fraction of sp³-hybridized carbons (Fsp3) is 0.600. The van der Waals surface area contributed by atoms with Gasteiger partial charge in [-0.15, -0.1) is 0 Å². The van der Waals surface area contributed by atoms with Gasteiger partial charge in [-0.3, -0.25) is 4.90 Å². The van der Waals surface area contributed by atoms with E-state index >= 15 is 0 Å². The molecule has 0 aliphatic carbocycles. The largest absolute Gasteiger partial charge is 0.497 e. The molecule has 0 spiro atoms. The molecule has 0 saturated carbocycles. The number of morpholine rings is 1. The zero-order valence-corrected chi connectivity index (χ0v) is 11.9. The van der Waals surface area contributed by atoms with Crippen LogP contribution in [-0.4, -0.2) is 49.0 Å². The Balaban J connectivity index is 2.01. The summed E-state index contributed by atoms with van der Waals surface area (Å²) in [7, 11) is 1.64. The summed E-state index contributed by atoms with van der Waals surface area (Å²) in [6, 6.07) is 7.58. The molecule has 1 aromatic rings. The number of aliphatic hydroxyl groups excluding tert-OH is 1. The van der Waals surface area contributed by atoms with Crippen molar-refractivity contribution in [3.8, 4) is 5.75 Å². The number of methoxy groups -OCH3 is 1. The standard InChI is InChI=1S/C15H23NO3/c1-15(2)11-19-9-8-16(15)10-14(17)12-4-6-13(18-3)7-5-12/h4-7,14,17H,8-11H2,1-3H3. The summed E-state index contributed by atoms with van der Waals surface area (Å²) in [5.74, 6) is 0.808. The van der Waals surface area contributed by atoms with Crippen molar-refractivity contribution >= 4 is 0 Å². The maximum Gasteiger partial charge on any atom is 0.118 e. The first-order valence-electron chi connectivity index (χ1n) is 6.68. The Morgan fingerprint density at radius 2 is 2.05 bits per heavy atom. The van der Waals surface area contributed by atoms with E-state index in [2.05, 4.69) is 18.7 Å². The zero-order valence-electron chi connectivity index (χ0n) is 11.9. The minimum absolute atomic E-state index is 0.0221. The lowest BCUT2D eigenvalue weighted by Crippen LogP contribution is -2.54. The Morgan fingerprint density at radius 3 is 2.63 bits per heavy atom. The van der Waals surface area contributed by atoms with Crippen LogP contribution in [0.2, 0.25) is 0 Å². The molecule has 1 aliphatic heterocycles. The SMILES string of the molecule is COc1ccc(C(O)CN2CCOCC2(C)C)cc1. The van der Waals surface area contributed by atoms with Crippen LogP contribution in [-0.2, 0) is 4.74 Å².